The molecule has 0 radical (unpaired) electrons. The van der Waals surface area contributed by atoms with Gasteiger partial charge in [0.05, 0.1) is 9.75 Å². The maximum atomic E-state index is 2.52. The van der Waals surface area contributed by atoms with Crippen LogP contribution in [0.5, 0.6) is 0 Å². The third kappa shape index (κ3) is 6.49. The van der Waals surface area contributed by atoms with E-state index in [-0.39, 0.29) is 0 Å². The molecule has 1 aliphatic carbocycles. The minimum Gasteiger partial charge on any atom is -0.138 e. The van der Waals surface area contributed by atoms with E-state index in [2.05, 4.69) is 77.2 Å². The summed E-state index contributed by atoms with van der Waals surface area (Å²) in [5, 5.41) is 0. The number of hydrogen-bond acceptors (Lipinski definition) is 4. The summed E-state index contributed by atoms with van der Waals surface area (Å²) in [6.07, 6.45) is 10.8. The molecule has 0 nitrogen and oxygen atoms in total. The van der Waals surface area contributed by atoms with Gasteiger partial charge >= 0.3 is 0 Å². The highest BCUT2D eigenvalue weighted by atomic mass is 32.2. The minimum absolute atomic E-state index is 0.603. The van der Waals surface area contributed by atoms with Crippen molar-refractivity contribution in [1.82, 2.24) is 0 Å². The molecule has 0 fully saturated rings. The van der Waals surface area contributed by atoms with Crippen LogP contribution < -0.4 is 0 Å². The molecule has 4 heteroatoms. The molecule has 0 aromatic carbocycles. The van der Waals surface area contributed by atoms with E-state index >= 15 is 0 Å². The van der Waals surface area contributed by atoms with Crippen LogP contribution in [-0.4, -0.2) is 11.5 Å². The van der Waals surface area contributed by atoms with Crippen molar-refractivity contribution < 1.29 is 0 Å². The molecule has 32 heavy (non-hydrogen) atoms. The van der Waals surface area contributed by atoms with Crippen molar-refractivity contribution in [2.24, 2.45) is 0 Å². The summed E-state index contributed by atoms with van der Waals surface area (Å²) in [5.41, 5.74) is 4.64. The molecule has 0 saturated carbocycles. The topological polar surface area (TPSA) is 0 Å². The zero-order chi connectivity index (χ0) is 23.1. The molecule has 2 heterocycles. The van der Waals surface area contributed by atoms with Gasteiger partial charge < -0.3 is 0 Å². The summed E-state index contributed by atoms with van der Waals surface area (Å²) >= 11 is 8.39. The third-order valence-electron chi connectivity index (χ3n) is 6.05. The predicted molar refractivity (Wildman–Crippen MR) is 155 cm³/mol. The number of fused-ring (bicyclic) bond motifs is 3. The predicted octanol–water partition coefficient (Wildman–Crippen LogP) is 11.4. The van der Waals surface area contributed by atoms with Crippen molar-refractivity contribution in [2.75, 3.05) is 11.5 Å². The van der Waals surface area contributed by atoms with Gasteiger partial charge in [0.1, 0.15) is 0 Å². The first-order valence-corrected chi connectivity index (χ1v) is 16.4. The molecule has 0 saturated heterocycles. The number of hydrogen-bond donors (Lipinski definition) is 0. The molecule has 2 aromatic heterocycles. The zero-order valence-corrected chi connectivity index (χ0v) is 24.3. The van der Waals surface area contributed by atoms with Crippen LogP contribution >= 0.6 is 46.2 Å². The number of rotatable bonds is 14. The fourth-order valence-corrected chi connectivity index (χ4v) is 9.16. The van der Waals surface area contributed by atoms with E-state index in [0.29, 0.717) is 11.8 Å². The van der Waals surface area contributed by atoms with E-state index in [1.54, 1.807) is 19.6 Å². The summed E-state index contributed by atoms with van der Waals surface area (Å²) in [4.78, 5) is 6.17. The molecule has 0 aliphatic heterocycles. The monoisotopic (exact) mass is 506 g/mol. The van der Waals surface area contributed by atoms with E-state index in [1.165, 1.54) is 83.8 Å². The number of unbranched alkanes of at least 4 members (excludes halogenated alkanes) is 6. The highest BCUT2D eigenvalue weighted by Crippen LogP contribution is 2.57. The zero-order valence-electron chi connectivity index (χ0n) is 21.0. The van der Waals surface area contributed by atoms with Gasteiger partial charge in [0.2, 0.25) is 0 Å². The van der Waals surface area contributed by atoms with Crippen LogP contribution in [0.25, 0.3) is 15.3 Å². The van der Waals surface area contributed by atoms with Crippen molar-refractivity contribution in [2.45, 2.75) is 105 Å². The van der Waals surface area contributed by atoms with Crippen LogP contribution in [0.15, 0.2) is 16.4 Å². The van der Waals surface area contributed by atoms with Crippen LogP contribution in [0, 0.1) is 0 Å². The summed E-state index contributed by atoms with van der Waals surface area (Å²) in [6.45, 7) is 14.0. The van der Waals surface area contributed by atoms with Crippen molar-refractivity contribution in [3.63, 3.8) is 0 Å². The largest absolute Gasteiger partial charge is 0.138 e. The average molecular weight is 507 g/mol. The Morgan fingerprint density at radius 3 is 1.50 bits per heavy atom. The molecule has 0 N–H and O–H groups in total. The highest BCUT2D eigenvalue weighted by Gasteiger charge is 2.32. The number of thioether (sulfide) groups is 2. The lowest BCUT2D eigenvalue weighted by atomic mass is 10.1. The lowest BCUT2D eigenvalue weighted by molar-refractivity contribution is 0.706. The van der Waals surface area contributed by atoms with Crippen LogP contribution in [0.2, 0.25) is 0 Å². The summed E-state index contributed by atoms with van der Waals surface area (Å²) in [7, 11) is 0. The van der Waals surface area contributed by atoms with E-state index < -0.39 is 0 Å². The Morgan fingerprint density at radius 1 is 0.688 bits per heavy atom. The van der Waals surface area contributed by atoms with Crippen molar-refractivity contribution in [3.8, 4) is 9.75 Å². The normalized spacial score (nSPS) is 12.8. The van der Waals surface area contributed by atoms with Crippen molar-refractivity contribution >= 4 is 51.8 Å². The highest BCUT2D eigenvalue weighted by molar-refractivity contribution is 8.22. The Labute approximate surface area is 214 Å². The lowest BCUT2D eigenvalue weighted by Crippen LogP contribution is -1.90. The third-order valence-corrected chi connectivity index (χ3v) is 11.7. The quantitative estimate of drug-likeness (QED) is 0.199. The first kappa shape index (κ1) is 26.4. The standard InChI is InChI=1S/C28H42S4/c1-7-9-11-13-15-29-28(30-16-14-12-10-8-2)25-21-17-23(19(3)4)31-26(21)27-22(25)18-24(32-27)20(5)6/h17-20H,7-16H2,1-6H3. The second kappa shape index (κ2) is 13.1. The first-order valence-electron chi connectivity index (χ1n) is 12.8. The fourth-order valence-electron chi connectivity index (χ4n) is 4.04. The summed E-state index contributed by atoms with van der Waals surface area (Å²) < 4.78 is 1.60. The Kier molecular flexibility index (Phi) is 10.8. The molecule has 3 rings (SSSR count). The molecular formula is C28H42S4. The Bertz CT molecular complexity index is 811. The van der Waals surface area contributed by atoms with Crippen LogP contribution in [-0.2, 0) is 0 Å². The van der Waals surface area contributed by atoms with Gasteiger partial charge in [-0.1, -0.05) is 80.1 Å². The van der Waals surface area contributed by atoms with E-state index in [1.807, 2.05) is 22.7 Å². The second-order valence-corrected chi connectivity index (χ2v) is 14.2. The lowest BCUT2D eigenvalue weighted by Gasteiger charge is -2.13. The molecule has 0 spiro atoms. The molecule has 2 aromatic rings. The smallest absolute Gasteiger partial charge is 0.0531 e. The van der Waals surface area contributed by atoms with Gasteiger partial charge in [0.15, 0.2) is 0 Å². The molecule has 0 amide bonds. The molecule has 0 atom stereocenters. The second-order valence-electron chi connectivity index (χ2n) is 9.57. The van der Waals surface area contributed by atoms with Crippen LogP contribution in [0.1, 0.15) is 126 Å². The molecule has 178 valence electrons. The van der Waals surface area contributed by atoms with Crippen molar-refractivity contribution in [1.29, 1.82) is 0 Å². The van der Waals surface area contributed by atoms with Gasteiger partial charge in [-0.15, -0.1) is 46.2 Å². The molecular weight excluding hydrogens is 465 g/mol. The fraction of sp³-hybridized carbons (Fsp3) is 0.643. The van der Waals surface area contributed by atoms with Gasteiger partial charge in [-0.2, -0.15) is 0 Å². The number of thiophene rings is 2. The van der Waals surface area contributed by atoms with Crippen LogP contribution in [0.3, 0.4) is 0 Å². The summed E-state index contributed by atoms with van der Waals surface area (Å²) in [6, 6.07) is 5.05. The van der Waals surface area contributed by atoms with E-state index in [4.69, 9.17) is 0 Å². The SMILES string of the molecule is CCCCCCSC(SCCCCCC)=C1c2cc(C(C)C)sc2-c2sc(C(C)C)cc21. The van der Waals surface area contributed by atoms with Gasteiger partial charge in [-0.05, 0) is 48.3 Å². The molecule has 0 bridgehead atoms. The average Bonchev–Trinajstić information content (AvgIpc) is 3.43. The minimum atomic E-state index is 0.603. The van der Waals surface area contributed by atoms with Gasteiger partial charge in [0.25, 0.3) is 0 Å². The Balaban J connectivity index is 1.95. The Hall–Kier alpha value is -0.160. The van der Waals surface area contributed by atoms with Crippen LogP contribution in [0.4, 0.5) is 0 Å². The van der Waals surface area contributed by atoms with E-state index in [0.717, 1.165) is 0 Å². The Morgan fingerprint density at radius 2 is 1.12 bits per heavy atom. The van der Waals surface area contributed by atoms with Gasteiger partial charge in [0, 0.05) is 30.7 Å². The van der Waals surface area contributed by atoms with Crippen molar-refractivity contribution in [3.05, 3.63) is 37.3 Å². The maximum absolute atomic E-state index is 2.52. The van der Waals surface area contributed by atoms with Gasteiger partial charge in [-0.3, -0.25) is 0 Å². The molecule has 1 aliphatic rings. The molecule has 0 unspecified atom stereocenters. The summed E-state index contributed by atoms with van der Waals surface area (Å²) in [5.74, 6) is 3.72. The van der Waals surface area contributed by atoms with E-state index in [9.17, 15) is 0 Å². The van der Waals surface area contributed by atoms with Gasteiger partial charge in [-0.25, -0.2) is 0 Å². The first-order chi connectivity index (χ1) is 15.5. The maximum Gasteiger partial charge on any atom is 0.0531 e.